The monoisotopic (exact) mass is 634 g/mol. The molecule has 2 aliphatic heterocycles. The van der Waals surface area contributed by atoms with Crippen molar-refractivity contribution in [2.24, 2.45) is 17.3 Å². The van der Waals surface area contributed by atoms with E-state index in [9.17, 15) is 27.6 Å². The zero-order valence-electron chi connectivity index (χ0n) is 26.3. The van der Waals surface area contributed by atoms with Gasteiger partial charge in [-0.2, -0.15) is 13.2 Å². The highest BCUT2D eigenvalue weighted by molar-refractivity contribution is 5.89. The van der Waals surface area contributed by atoms with Gasteiger partial charge in [0, 0.05) is 17.9 Å². The average molecular weight is 635 g/mol. The fourth-order valence-corrected chi connectivity index (χ4v) is 6.27. The van der Waals surface area contributed by atoms with Gasteiger partial charge in [0.05, 0.1) is 23.6 Å². The minimum absolute atomic E-state index is 0.00684. The number of halogens is 3. The Morgan fingerprint density at radius 1 is 1.13 bits per heavy atom. The van der Waals surface area contributed by atoms with E-state index in [0.29, 0.717) is 29.4 Å². The smallest absolute Gasteiger partial charge is 0.422 e. The zero-order valence-corrected chi connectivity index (χ0v) is 26.3. The molecule has 6 atom stereocenters. The van der Waals surface area contributed by atoms with Crippen LogP contribution in [0.2, 0.25) is 0 Å². The van der Waals surface area contributed by atoms with Gasteiger partial charge in [-0.15, -0.1) is 0 Å². The summed E-state index contributed by atoms with van der Waals surface area (Å²) in [5.41, 5.74) is 0.0821. The lowest BCUT2D eigenvalue weighted by molar-refractivity contribution is -0.153. The quantitative estimate of drug-likeness (QED) is 0.446. The number of alkyl carbamates (subject to hydrolysis) is 1. The van der Waals surface area contributed by atoms with E-state index in [1.54, 1.807) is 13.0 Å². The summed E-state index contributed by atoms with van der Waals surface area (Å²) < 4.78 is 55.4. The Morgan fingerprint density at radius 3 is 2.58 bits per heavy atom. The van der Waals surface area contributed by atoms with Gasteiger partial charge in [0.1, 0.15) is 35.5 Å². The van der Waals surface area contributed by atoms with Crippen molar-refractivity contribution in [2.75, 3.05) is 13.2 Å². The van der Waals surface area contributed by atoms with Crippen molar-refractivity contribution in [2.45, 2.75) is 103 Å². The first-order valence-electron chi connectivity index (χ1n) is 15.5. The number of aldehydes is 1. The van der Waals surface area contributed by atoms with Gasteiger partial charge >= 0.3 is 12.3 Å². The van der Waals surface area contributed by atoms with Crippen LogP contribution in [0.25, 0.3) is 11.0 Å². The third-order valence-corrected chi connectivity index (χ3v) is 9.14. The molecule has 1 aromatic heterocycles. The van der Waals surface area contributed by atoms with E-state index in [-0.39, 0.29) is 24.1 Å². The van der Waals surface area contributed by atoms with E-state index in [1.807, 2.05) is 27.7 Å². The fraction of sp³-hybridized carbons (Fsp3) is 0.656. The summed E-state index contributed by atoms with van der Waals surface area (Å²) in [6, 6.07) is 2.58. The Kier molecular flexibility index (Phi) is 8.93. The predicted molar refractivity (Wildman–Crippen MR) is 158 cm³/mol. The average Bonchev–Trinajstić information content (AvgIpc) is 3.47. The Morgan fingerprint density at radius 2 is 1.89 bits per heavy atom. The first kappa shape index (κ1) is 32.7. The van der Waals surface area contributed by atoms with E-state index in [4.69, 9.17) is 19.2 Å². The highest BCUT2D eigenvalue weighted by atomic mass is 19.4. The lowest BCUT2D eigenvalue weighted by Gasteiger charge is -2.34. The molecule has 3 aliphatic rings. The number of alkyl halides is 3. The molecule has 13 heteroatoms. The van der Waals surface area contributed by atoms with Gasteiger partial charge in [-0.1, -0.05) is 40.5 Å². The third kappa shape index (κ3) is 7.44. The second-order valence-corrected chi connectivity index (χ2v) is 13.8. The Labute approximate surface area is 260 Å². The summed E-state index contributed by atoms with van der Waals surface area (Å²) in [5, 5.41) is 2.78. The van der Waals surface area contributed by atoms with Crippen molar-refractivity contribution in [1.82, 2.24) is 20.2 Å². The number of ether oxygens (including phenoxy) is 3. The molecule has 2 bridgehead atoms. The Balaban J connectivity index is 1.48. The van der Waals surface area contributed by atoms with Crippen molar-refractivity contribution in [3.8, 4) is 11.6 Å². The minimum atomic E-state index is -4.49. The van der Waals surface area contributed by atoms with Gasteiger partial charge in [0.15, 0.2) is 6.61 Å². The second kappa shape index (κ2) is 12.3. The number of fused-ring (bicyclic) bond motifs is 5. The summed E-state index contributed by atoms with van der Waals surface area (Å²) in [4.78, 5) is 50.2. The third-order valence-electron chi connectivity index (χ3n) is 9.14. The first-order valence-corrected chi connectivity index (χ1v) is 15.5. The molecular weight excluding hydrogens is 593 g/mol. The number of amides is 2. The van der Waals surface area contributed by atoms with Gasteiger partial charge < -0.3 is 29.2 Å². The molecular formula is C32H41F3N4O6. The fourth-order valence-electron chi connectivity index (χ4n) is 6.27. The van der Waals surface area contributed by atoms with Crippen LogP contribution >= 0.6 is 0 Å². The van der Waals surface area contributed by atoms with Gasteiger partial charge in [0.25, 0.3) is 0 Å². The normalized spacial score (nSPS) is 29.8. The minimum Gasteiger partial charge on any atom is -0.484 e. The highest BCUT2D eigenvalue weighted by Crippen LogP contribution is 2.49. The predicted octanol–water partition coefficient (Wildman–Crippen LogP) is 5.40. The van der Waals surface area contributed by atoms with Crippen LogP contribution in [-0.2, 0) is 20.7 Å². The van der Waals surface area contributed by atoms with Gasteiger partial charge in [0.2, 0.25) is 11.8 Å². The summed E-state index contributed by atoms with van der Waals surface area (Å²) in [6.45, 7) is 7.82. The number of nitrogens with one attached hydrogen (secondary N) is 1. The first-order chi connectivity index (χ1) is 21.1. The molecule has 45 heavy (non-hydrogen) atoms. The van der Waals surface area contributed by atoms with Crippen molar-refractivity contribution in [3.63, 3.8) is 0 Å². The lowest BCUT2D eigenvalue weighted by atomic mass is 9.85. The van der Waals surface area contributed by atoms with Crippen molar-refractivity contribution in [3.05, 3.63) is 23.9 Å². The molecule has 246 valence electrons. The van der Waals surface area contributed by atoms with Crippen molar-refractivity contribution in [1.29, 1.82) is 0 Å². The van der Waals surface area contributed by atoms with E-state index in [2.05, 4.69) is 10.3 Å². The molecule has 1 N–H and O–H groups in total. The van der Waals surface area contributed by atoms with Crippen LogP contribution in [0.4, 0.5) is 18.0 Å². The number of aryl methyl sites for hydroxylation is 1. The molecule has 2 amide bonds. The number of nitrogens with zero attached hydrogens (tertiary/aromatic N) is 3. The van der Waals surface area contributed by atoms with Crippen LogP contribution in [-0.4, -0.2) is 76.3 Å². The summed E-state index contributed by atoms with van der Waals surface area (Å²) in [6.07, 6.45) is -0.327. The Bertz CT molecular complexity index is 1450. The topological polar surface area (TPSA) is 120 Å². The molecule has 1 saturated heterocycles. The highest BCUT2D eigenvalue weighted by Gasteiger charge is 2.54. The standard InChI is InChI=1S/C32H41F3N4O6/c1-18-24(16-40)39-15-25(18)44-27-22(36-21-12-11-20(13-23(21)37-27)43-17-32(33,34)35)10-8-6-7-9-19-14-31(19,5)45-29(42)38-26(28(39)41)30(2,3)4/h11-13,16,18-19,24-26H,6-10,14-15,17H2,1-5H3,(H,38,42)/t18-,19+,24+,25-,26+,31+/m0/s1. The number of benzene rings is 1. The summed E-state index contributed by atoms with van der Waals surface area (Å²) >= 11 is 0. The van der Waals surface area contributed by atoms with Gasteiger partial charge in [-0.05, 0) is 50.2 Å². The lowest BCUT2D eigenvalue weighted by Crippen LogP contribution is -2.56. The van der Waals surface area contributed by atoms with E-state index in [0.717, 1.165) is 32.1 Å². The van der Waals surface area contributed by atoms with Crippen LogP contribution in [0.1, 0.15) is 72.4 Å². The maximum atomic E-state index is 14.0. The molecule has 1 saturated carbocycles. The van der Waals surface area contributed by atoms with E-state index in [1.165, 1.54) is 17.0 Å². The summed E-state index contributed by atoms with van der Waals surface area (Å²) in [7, 11) is 0. The largest absolute Gasteiger partial charge is 0.484 e. The summed E-state index contributed by atoms with van der Waals surface area (Å²) in [5.74, 6) is -0.439. The van der Waals surface area contributed by atoms with E-state index < -0.39 is 59.9 Å². The molecule has 2 aromatic rings. The van der Waals surface area contributed by atoms with Crippen LogP contribution < -0.4 is 14.8 Å². The molecule has 0 unspecified atom stereocenters. The zero-order chi connectivity index (χ0) is 32.7. The van der Waals surface area contributed by atoms with Crippen LogP contribution in [0.15, 0.2) is 18.2 Å². The van der Waals surface area contributed by atoms with Crippen molar-refractivity contribution >= 4 is 29.3 Å². The van der Waals surface area contributed by atoms with Gasteiger partial charge in [-0.3, -0.25) is 4.79 Å². The SMILES string of the molecule is C[C@@H]1[C@@H]2CN(C(=O)[C@H](C(C)(C)C)NC(=O)O[C@]3(C)C[C@H]3CCCCCc3nc4ccc(OCC(F)(F)F)cc4nc3O2)[C@@H]1C=O. The molecule has 1 aromatic carbocycles. The number of carbonyl (C=O) groups is 3. The molecule has 0 spiro atoms. The van der Waals surface area contributed by atoms with Crippen LogP contribution in [0, 0.1) is 17.3 Å². The van der Waals surface area contributed by atoms with E-state index >= 15 is 0 Å². The Hall–Kier alpha value is -3.64. The maximum Gasteiger partial charge on any atom is 0.422 e. The number of hydrogen-bond acceptors (Lipinski definition) is 8. The molecule has 1 aliphatic carbocycles. The number of carbonyl (C=O) groups excluding carboxylic acids is 3. The number of aromatic nitrogens is 2. The molecule has 0 radical (unpaired) electrons. The van der Waals surface area contributed by atoms with Crippen molar-refractivity contribution < 1.29 is 41.8 Å². The molecule has 3 heterocycles. The van der Waals surface area contributed by atoms with Gasteiger partial charge in [-0.25, -0.2) is 14.8 Å². The molecule has 2 fully saturated rings. The second-order valence-electron chi connectivity index (χ2n) is 13.8. The maximum absolute atomic E-state index is 14.0. The number of hydrogen-bond donors (Lipinski definition) is 1. The molecule has 10 nitrogen and oxygen atoms in total. The molecule has 5 rings (SSSR count). The van der Waals surface area contributed by atoms with Crippen LogP contribution in [0.3, 0.4) is 0 Å². The number of rotatable bonds is 3. The van der Waals surface area contributed by atoms with Crippen LogP contribution in [0.5, 0.6) is 11.6 Å².